The van der Waals surface area contributed by atoms with Gasteiger partial charge in [-0.15, -0.1) is 0 Å². The van der Waals surface area contributed by atoms with E-state index in [2.05, 4.69) is 45.7 Å². The maximum atomic E-state index is 8.94. The Labute approximate surface area is 85.4 Å². The quantitative estimate of drug-likeness (QED) is 0.684. The van der Waals surface area contributed by atoms with Crippen molar-refractivity contribution in [2.45, 2.75) is 46.1 Å². The minimum atomic E-state index is -0.0145. The highest BCUT2D eigenvalue weighted by Crippen LogP contribution is 2.24. The van der Waals surface area contributed by atoms with Crippen molar-refractivity contribution in [3.05, 3.63) is 17.7 Å². The van der Waals surface area contributed by atoms with E-state index >= 15 is 0 Å². The van der Waals surface area contributed by atoms with Gasteiger partial charge < -0.3 is 4.57 Å². The number of nitrogens with zero attached hydrogens (tertiary/aromatic N) is 3. The van der Waals surface area contributed by atoms with Crippen LogP contribution < -0.4 is 0 Å². The Bertz CT molecular complexity index is 361. The second kappa shape index (κ2) is 3.45. The number of aromatic nitrogens is 2. The maximum absolute atomic E-state index is 8.94. The maximum Gasteiger partial charge on any atom is 0.140 e. The molecular weight excluding hydrogens is 174 g/mol. The summed E-state index contributed by atoms with van der Waals surface area (Å²) in [5.74, 6) is 0.976. The zero-order valence-corrected chi connectivity index (χ0v) is 9.50. The number of hydrogen-bond donors (Lipinski definition) is 0. The second-order valence-electron chi connectivity index (χ2n) is 4.79. The van der Waals surface area contributed by atoms with E-state index in [1.165, 1.54) is 0 Å². The van der Waals surface area contributed by atoms with Crippen molar-refractivity contribution >= 4 is 0 Å². The molecular formula is C11H17N3. The Morgan fingerprint density at radius 1 is 1.43 bits per heavy atom. The third-order valence-corrected chi connectivity index (χ3v) is 2.10. The molecule has 0 radical (unpaired) electrons. The molecule has 0 aromatic carbocycles. The molecule has 14 heavy (non-hydrogen) atoms. The van der Waals surface area contributed by atoms with E-state index < -0.39 is 0 Å². The Hall–Kier alpha value is -1.30. The molecule has 1 aromatic heterocycles. The SMILES string of the molecule is CC(C)n1c(C#N)cnc1C(C)(C)C. The van der Waals surface area contributed by atoms with Gasteiger partial charge in [0.05, 0.1) is 6.20 Å². The Morgan fingerprint density at radius 2 is 2.00 bits per heavy atom. The average molecular weight is 191 g/mol. The first-order chi connectivity index (χ1) is 6.38. The average Bonchev–Trinajstić information content (AvgIpc) is 2.45. The van der Waals surface area contributed by atoms with E-state index in [1.54, 1.807) is 6.20 Å². The fraction of sp³-hybridized carbons (Fsp3) is 0.636. The first kappa shape index (κ1) is 10.8. The molecule has 76 valence electrons. The van der Waals surface area contributed by atoms with E-state index in [0.717, 1.165) is 5.82 Å². The molecule has 0 saturated heterocycles. The molecule has 0 bridgehead atoms. The summed E-state index contributed by atoms with van der Waals surface area (Å²) >= 11 is 0. The number of imidazole rings is 1. The van der Waals surface area contributed by atoms with Gasteiger partial charge in [0.2, 0.25) is 0 Å². The predicted molar refractivity (Wildman–Crippen MR) is 56.0 cm³/mol. The Kier molecular flexibility index (Phi) is 2.66. The molecule has 0 N–H and O–H groups in total. The summed E-state index contributed by atoms with van der Waals surface area (Å²) in [5.41, 5.74) is 0.629. The van der Waals surface area contributed by atoms with Crippen LogP contribution in [0.25, 0.3) is 0 Å². The van der Waals surface area contributed by atoms with Crippen LogP contribution in [0, 0.1) is 11.3 Å². The second-order valence-corrected chi connectivity index (χ2v) is 4.79. The molecule has 0 aliphatic heterocycles. The summed E-state index contributed by atoms with van der Waals surface area (Å²) in [6, 6.07) is 2.45. The van der Waals surface area contributed by atoms with Crippen LogP contribution >= 0.6 is 0 Å². The van der Waals surface area contributed by atoms with E-state index in [-0.39, 0.29) is 11.5 Å². The van der Waals surface area contributed by atoms with Crippen molar-refractivity contribution in [2.24, 2.45) is 0 Å². The Morgan fingerprint density at radius 3 is 2.36 bits per heavy atom. The van der Waals surface area contributed by atoms with Crippen LogP contribution in [0.1, 0.15) is 52.2 Å². The van der Waals surface area contributed by atoms with E-state index in [4.69, 9.17) is 5.26 Å². The summed E-state index contributed by atoms with van der Waals surface area (Å²) < 4.78 is 2.00. The van der Waals surface area contributed by atoms with Crippen LogP contribution in [0.4, 0.5) is 0 Å². The van der Waals surface area contributed by atoms with Crippen molar-refractivity contribution in [3.8, 4) is 6.07 Å². The molecule has 0 aliphatic rings. The van der Waals surface area contributed by atoms with Gasteiger partial charge in [-0.3, -0.25) is 0 Å². The molecule has 0 fully saturated rings. The van der Waals surface area contributed by atoms with Gasteiger partial charge in [-0.25, -0.2) is 4.98 Å². The van der Waals surface area contributed by atoms with Crippen molar-refractivity contribution in [3.63, 3.8) is 0 Å². The van der Waals surface area contributed by atoms with Crippen molar-refractivity contribution in [2.75, 3.05) is 0 Å². The third-order valence-electron chi connectivity index (χ3n) is 2.10. The third kappa shape index (κ3) is 1.79. The topological polar surface area (TPSA) is 41.6 Å². The van der Waals surface area contributed by atoms with Crippen LogP contribution in [0.5, 0.6) is 0 Å². The highest BCUT2D eigenvalue weighted by molar-refractivity contribution is 5.24. The van der Waals surface area contributed by atoms with Crippen LogP contribution in [-0.4, -0.2) is 9.55 Å². The van der Waals surface area contributed by atoms with Crippen LogP contribution in [-0.2, 0) is 5.41 Å². The highest BCUT2D eigenvalue weighted by Gasteiger charge is 2.23. The molecule has 3 nitrogen and oxygen atoms in total. The number of hydrogen-bond acceptors (Lipinski definition) is 2. The molecule has 0 unspecified atom stereocenters. The van der Waals surface area contributed by atoms with Gasteiger partial charge in [0, 0.05) is 11.5 Å². The smallest absolute Gasteiger partial charge is 0.140 e. The molecule has 0 amide bonds. The van der Waals surface area contributed by atoms with Crippen molar-refractivity contribution < 1.29 is 0 Å². The Balaban J connectivity index is 3.34. The van der Waals surface area contributed by atoms with Gasteiger partial charge >= 0.3 is 0 Å². The summed E-state index contributed by atoms with van der Waals surface area (Å²) in [6.07, 6.45) is 1.65. The lowest BCUT2D eigenvalue weighted by molar-refractivity contribution is 0.467. The highest BCUT2D eigenvalue weighted by atomic mass is 15.1. The predicted octanol–water partition coefficient (Wildman–Crippen LogP) is 2.63. The normalized spacial score (nSPS) is 11.8. The largest absolute Gasteiger partial charge is 0.317 e. The molecule has 0 spiro atoms. The van der Waals surface area contributed by atoms with Crippen LogP contribution in [0.3, 0.4) is 0 Å². The minimum absolute atomic E-state index is 0.0145. The molecule has 1 heterocycles. The van der Waals surface area contributed by atoms with Crippen LogP contribution in [0.2, 0.25) is 0 Å². The fourth-order valence-corrected chi connectivity index (χ4v) is 1.52. The molecule has 0 atom stereocenters. The summed E-state index contributed by atoms with van der Waals surface area (Å²) in [7, 11) is 0. The first-order valence-corrected chi connectivity index (χ1v) is 4.85. The van der Waals surface area contributed by atoms with E-state index in [1.807, 2.05) is 4.57 Å². The van der Waals surface area contributed by atoms with Gasteiger partial charge in [0.15, 0.2) is 0 Å². The zero-order chi connectivity index (χ0) is 10.9. The van der Waals surface area contributed by atoms with Crippen molar-refractivity contribution in [1.82, 2.24) is 9.55 Å². The molecule has 3 heteroatoms. The molecule has 1 rings (SSSR count). The molecule has 1 aromatic rings. The summed E-state index contributed by atoms with van der Waals surface area (Å²) in [6.45, 7) is 10.5. The van der Waals surface area contributed by atoms with Gasteiger partial charge in [0.1, 0.15) is 17.6 Å². The van der Waals surface area contributed by atoms with Gasteiger partial charge in [-0.05, 0) is 13.8 Å². The standard InChI is InChI=1S/C11H17N3/c1-8(2)14-9(6-12)7-13-10(14)11(3,4)5/h7-8H,1-5H3. The number of rotatable bonds is 1. The lowest BCUT2D eigenvalue weighted by Crippen LogP contribution is -2.21. The van der Waals surface area contributed by atoms with E-state index in [9.17, 15) is 0 Å². The number of nitriles is 1. The summed E-state index contributed by atoms with van der Waals surface area (Å²) in [5, 5.41) is 8.94. The van der Waals surface area contributed by atoms with E-state index in [0.29, 0.717) is 5.69 Å². The molecule has 0 aliphatic carbocycles. The lowest BCUT2D eigenvalue weighted by Gasteiger charge is -2.22. The lowest BCUT2D eigenvalue weighted by atomic mass is 9.95. The van der Waals surface area contributed by atoms with Crippen molar-refractivity contribution in [1.29, 1.82) is 5.26 Å². The minimum Gasteiger partial charge on any atom is -0.317 e. The summed E-state index contributed by atoms with van der Waals surface area (Å²) in [4.78, 5) is 4.32. The van der Waals surface area contributed by atoms with Gasteiger partial charge in [0.25, 0.3) is 0 Å². The molecule has 0 saturated carbocycles. The van der Waals surface area contributed by atoms with Gasteiger partial charge in [-0.2, -0.15) is 5.26 Å². The first-order valence-electron chi connectivity index (χ1n) is 4.85. The monoisotopic (exact) mass is 191 g/mol. The fourth-order valence-electron chi connectivity index (χ4n) is 1.52. The zero-order valence-electron chi connectivity index (χ0n) is 9.50. The van der Waals surface area contributed by atoms with Crippen LogP contribution in [0.15, 0.2) is 6.20 Å². The van der Waals surface area contributed by atoms with Gasteiger partial charge in [-0.1, -0.05) is 20.8 Å².